The van der Waals surface area contributed by atoms with Crippen molar-refractivity contribution in [1.82, 2.24) is 4.90 Å². The normalized spacial score (nSPS) is 14.7. The highest BCUT2D eigenvalue weighted by molar-refractivity contribution is 5.92. The number of nitrogens with zero attached hydrogens (tertiary/aromatic N) is 1. The molecule has 0 radical (unpaired) electrons. The van der Waals surface area contributed by atoms with Gasteiger partial charge in [-0.3, -0.25) is 4.79 Å². The second-order valence-electron chi connectivity index (χ2n) is 6.35. The van der Waals surface area contributed by atoms with Gasteiger partial charge < -0.3 is 16.0 Å². The summed E-state index contributed by atoms with van der Waals surface area (Å²) in [7, 11) is 0. The van der Waals surface area contributed by atoms with Gasteiger partial charge in [-0.2, -0.15) is 0 Å². The summed E-state index contributed by atoms with van der Waals surface area (Å²) in [4.78, 5) is 14.5. The van der Waals surface area contributed by atoms with E-state index in [1.807, 2.05) is 25.1 Å². The molecule has 4 nitrogen and oxygen atoms in total. The highest BCUT2D eigenvalue weighted by Crippen LogP contribution is 2.30. The van der Waals surface area contributed by atoms with Crippen LogP contribution in [-0.2, 0) is 4.79 Å². The van der Waals surface area contributed by atoms with E-state index in [4.69, 9.17) is 5.73 Å². The number of nitrogens with one attached hydrogen (secondary N) is 1. The number of anilines is 2. The average molecular weight is 289 g/mol. The van der Waals surface area contributed by atoms with E-state index in [0.717, 1.165) is 30.3 Å². The number of nitrogen functional groups attached to an aromatic ring is 1. The van der Waals surface area contributed by atoms with E-state index in [0.29, 0.717) is 18.2 Å². The summed E-state index contributed by atoms with van der Waals surface area (Å²) in [5.74, 6) is 0.914. The lowest BCUT2D eigenvalue weighted by molar-refractivity contribution is -0.116. The maximum atomic E-state index is 12.1. The third-order valence-corrected chi connectivity index (χ3v) is 4.20. The Morgan fingerprint density at radius 2 is 2.14 bits per heavy atom. The van der Waals surface area contributed by atoms with E-state index in [1.165, 1.54) is 12.8 Å². The predicted molar refractivity (Wildman–Crippen MR) is 88.3 cm³/mol. The number of benzene rings is 1. The van der Waals surface area contributed by atoms with E-state index in [-0.39, 0.29) is 5.91 Å². The third kappa shape index (κ3) is 4.74. The molecule has 0 unspecified atom stereocenters. The fourth-order valence-corrected chi connectivity index (χ4v) is 2.44. The molecular formula is C17H27N3O. The van der Waals surface area contributed by atoms with Gasteiger partial charge in [0.1, 0.15) is 0 Å². The summed E-state index contributed by atoms with van der Waals surface area (Å²) in [6.07, 6.45) is 3.22. The summed E-state index contributed by atoms with van der Waals surface area (Å²) in [5.41, 5.74) is 8.33. The van der Waals surface area contributed by atoms with Gasteiger partial charge in [0.25, 0.3) is 0 Å². The predicted octanol–water partition coefficient (Wildman–Crippen LogP) is 3.03. The molecular weight excluding hydrogens is 262 g/mol. The number of amides is 1. The molecule has 1 aromatic rings. The van der Waals surface area contributed by atoms with Crippen molar-refractivity contribution in [2.75, 3.05) is 24.1 Å². The molecule has 116 valence electrons. The summed E-state index contributed by atoms with van der Waals surface area (Å²) in [5, 5.41) is 2.97. The lowest BCUT2D eigenvalue weighted by Crippen LogP contribution is -2.35. The van der Waals surface area contributed by atoms with Gasteiger partial charge in [-0.25, -0.2) is 0 Å². The number of hydrogen-bond acceptors (Lipinski definition) is 3. The molecule has 21 heavy (non-hydrogen) atoms. The Balaban J connectivity index is 1.84. The van der Waals surface area contributed by atoms with Crippen LogP contribution in [0.2, 0.25) is 0 Å². The Hall–Kier alpha value is -1.55. The van der Waals surface area contributed by atoms with Crippen LogP contribution in [0.1, 0.15) is 38.7 Å². The maximum Gasteiger partial charge on any atom is 0.225 e. The summed E-state index contributed by atoms with van der Waals surface area (Å²) in [6.45, 7) is 8.27. The van der Waals surface area contributed by atoms with Gasteiger partial charge in [0.15, 0.2) is 0 Å². The SMILES string of the molecule is Cc1c(N)cccc1NC(=O)CCN(CC1CC1)C(C)C. The molecule has 1 amide bonds. The van der Waals surface area contributed by atoms with Crippen LogP contribution in [-0.4, -0.2) is 29.9 Å². The van der Waals surface area contributed by atoms with Crippen molar-refractivity contribution in [3.05, 3.63) is 23.8 Å². The molecule has 1 saturated carbocycles. The molecule has 1 aliphatic rings. The third-order valence-electron chi connectivity index (χ3n) is 4.20. The maximum absolute atomic E-state index is 12.1. The van der Waals surface area contributed by atoms with Crippen LogP contribution in [0.3, 0.4) is 0 Å². The molecule has 1 aliphatic carbocycles. The highest BCUT2D eigenvalue weighted by Gasteiger charge is 2.25. The standard InChI is InChI=1S/C17H27N3O/c1-12(2)20(11-14-7-8-14)10-9-17(21)19-16-6-4-5-15(18)13(16)3/h4-6,12,14H,7-11,18H2,1-3H3,(H,19,21). The van der Waals surface area contributed by atoms with Gasteiger partial charge in [0.05, 0.1) is 0 Å². The van der Waals surface area contributed by atoms with Gasteiger partial charge >= 0.3 is 0 Å². The smallest absolute Gasteiger partial charge is 0.225 e. The topological polar surface area (TPSA) is 58.4 Å². The number of hydrogen-bond donors (Lipinski definition) is 2. The molecule has 0 bridgehead atoms. The van der Waals surface area contributed by atoms with E-state index < -0.39 is 0 Å². The van der Waals surface area contributed by atoms with Gasteiger partial charge in [-0.15, -0.1) is 0 Å². The molecule has 2 rings (SSSR count). The fraction of sp³-hybridized carbons (Fsp3) is 0.588. The first-order valence-electron chi connectivity index (χ1n) is 7.86. The summed E-state index contributed by atoms with van der Waals surface area (Å²) < 4.78 is 0. The van der Waals surface area contributed by atoms with Gasteiger partial charge in [-0.05, 0) is 57.2 Å². The largest absolute Gasteiger partial charge is 0.398 e. The number of carbonyl (C=O) groups is 1. The monoisotopic (exact) mass is 289 g/mol. The van der Waals surface area contributed by atoms with Crippen LogP contribution in [0.25, 0.3) is 0 Å². The zero-order chi connectivity index (χ0) is 15.4. The average Bonchev–Trinajstić information content (AvgIpc) is 3.23. The van der Waals surface area contributed by atoms with Gasteiger partial charge in [-0.1, -0.05) is 6.07 Å². The molecule has 1 fully saturated rings. The van der Waals surface area contributed by atoms with E-state index in [9.17, 15) is 4.79 Å². The van der Waals surface area contributed by atoms with Crippen molar-refractivity contribution in [3.8, 4) is 0 Å². The van der Waals surface area contributed by atoms with Crippen LogP contribution >= 0.6 is 0 Å². The van der Waals surface area contributed by atoms with Crippen LogP contribution in [0.15, 0.2) is 18.2 Å². The van der Waals surface area contributed by atoms with E-state index >= 15 is 0 Å². The Labute approximate surface area is 127 Å². The Kier molecular flexibility index (Phi) is 5.23. The lowest BCUT2D eigenvalue weighted by atomic mass is 10.1. The fourth-order valence-electron chi connectivity index (χ4n) is 2.44. The van der Waals surface area contributed by atoms with Crippen molar-refractivity contribution in [2.24, 2.45) is 5.92 Å². The quantitative estimate of drug-likeness (QED) is 0.759. The van der Waals surface area contributed by atoms with Crippen molar-refractivity contribution >= 4 is 17.3 Å². The number of nitrogens with two attached hydrogens (primary N) is 1. The van der Waals surface area contributed by atoms with Crippen LogP contribution in [0.4, 0.5) is 11.4 Å². The zero-order valence-corrected chi connectivity index (χ0v) is 13.4. The lowest BCUT2D eigenvalue weighted by Gasteiger charge is -2.26. The van der Waals surface area contributed by atoms with Gasteiger partial charge in [0, 0.05) is 36.9 Å². The van der Waals surface area contributed by atoms with Crippen LogP contribution in [0.5, 0.6) is 0 Å². The number of rotatable bonds is 7. The first-order valence-corrected chi connectivity index (χ1v) is 7.86. The molecule has 4 heteroatoms. The van der Waals surface area contributed by atoms with Crippen molar-refractivity contribution in [1.29, 1.82) is 0 Å². The summed E-state index contributed by atoms with van der Waals surface area (Å²) in [6, 6.07) is 6.10. The molecule has 0 aromatic heterocycles. The Morgan fingerprint density at radius 3 is 2.76 bits per heavy atom. The van der Waals surface area contributed by atoms with E-state index in [2.05, 4.69) is 24.1 Å². The van der Waals surface area contributed by atoms with E-state index in [1.54, 1.807) is 0 Å². The number of carbonyl (C=O) groups excluding carboxylic acids is 1. The first kappa shape index (κ1) is 15.8. The van der Waals surface area contributed by atoms with Crippen molar-refractivity contribution in [2.45, 2.75) is 46.1 Å². The molecule has 0 spiro atoms. The minimum atomic E-state index is 0.0603. The second-order valence-corrected chi connectivity index (χ2v) is 6.35. The molecule has 3 N–H and O–H groups in total. The van der Waals surface area contributed by atoms with Crippen molar-refractivity contribution in [3.63, 3.8) is 0 Å². The van der Waals surface area contributed by atoms with Gasteiger partial charge in [0.2, 0.25) is 5.91 Å². The molecule has 0 saturated heterocycles. The Bertz CT molecular complexity index is 495. The second kappa shape index (κ2) is 6.94. The van der Waals surface area contributed by atoms with Crippen molar-refractivity contribution < 1.29 is 4.79 Å². The molecule has 1 aromatic carbocycles. The Morgan fingerprint density at radius 1 is 1.43 bits per heavy atom. The zero-order valence-electron chi connectivity index (χ0n) is 13.4. The molecule has 0 aliphatic heterocycles. The van der Waals surface area contributed by atoms with Crippen LogP contribution in [0, 0.1) is 12.8 Å². The highest BCUT2D eigenvalue weighted by atomic mass is 16.1. The van der Waals surface area contributed by atoms with Crippen LogP contribution < -0.4 is 11.1 Å². The first-order chi connectivity index (χ1) is 9.97. The summed E-state index contributed by atoms with van der Waals surface area (Å²) >= 11 is 0. The molecule has 0 heterocycles. The minimum absolute atomic E-state index is 0.0603. The minimum Gasteiger partial charge on any atom is -0.398 e. The molecule has 0 atom stereocenters.